The molecule has 0 aromatic carbocycles. The Balaban J connectivity index is 2.23. The predicted octanol–water partition coefficient (Wildman–Crippen LogP) is 0.220. The van der Waals surface area contributed by atoms with Crippen LogP contribution in [-0.4, -0.2) is 24.7 Å². The third kappa shape index (κ3) is 0.807. The Morgan fingerprint density at radius 2 is 2.64 bits per heavy atom. The maximum Gasteiger partial charge on any atom is 0.330 e. The van der Waals surface area contributed by atoms with E-state index in [4.69, 9.17) is 4.74 Å². The number of fused-ring (bicyclic) bond motifs is 2. The first-order chi connectivity index (χ1) is 5.27. The third-order valence-corrected chi connectivity index (χ3v) is 2.46. The molecule has 0 aromatic rings. The molecule has 2 rings (SSSR count). The quantitative estimate of drug-likeness (QED) is 0.432. The average molecular weight is 153 g/mol. The topological polar surface area (TPSA) is 38.3 Å². The summed E-state index contributed by atoms with van der Waals surface area (Å²) in [6.07, 6.45) is 5.89. The summed E-state index contributed by atoms with van der Waals surface area (Å²) in [7, 11) is 1.43. The van der Waals surface area contributed by atoms with Crippen LogP contribution in [0.3, 0.4) is 0 Å². The van der Waals surface area contributed by atoms with Crippen molar-refractivity contribution in [3.63, 3.8) is 0 Å². The highest BCUT2D eigenvalue weighted by Crippen LogP contribution is 2.32. The van der Waals surface area contributed by atoms with E-state index >= 15 is 0 Å². The molecule has 3 nitrogen and oxygen atoms in total. The molecule has 0 radical (unpaired) electrons. The van der Waals surface area contributed by atoms with Crippen molar-refractivity contribution < 1.29 is 9.53 Å². The van der Waals surface area contributed by atoms with Gasteiger partial charge in [0.1, 0.15) is 5.54 Å². The van der Waals surface area contributed by atoms with E-state index in [2.05, 4.69) is 5.32 Å². The van der Waals surface area contributed by atoms with Crippen molar-refractivity contribution in [2.75, 3.05) is 7.11 Å². The summed E-state index contributed by atoms with van der Waals surface area (Å²) in [6.45, 7) is 0. The molecule has 2 heterocycles. The van der Waals surface area contributed by atoms with Gasteiger partial charge in [-0.15, -0.1) is 0 Å². The molecule has 2 atom stereocenters. The van der Waals surface area contributed by atoms with Gasteiger partial charge < -0.3 is 4.74 Å². The lowest BCUT2D eigenvalue weighted by atomic mass is 9.94. The maximum absolute atomic E-state index is 11.3. The van der Waals surface area contributed by atoms with Crippen LogP contribution in [0, 0.1) is 0 Å². The fourth-order valence-electron chi connectivity index (χ4n) is 1.83. The third-order valence-electron chi connectivity index (χ3n) is 2.46. The van der Waals surface area contributed by atoms with Crippen LogP contribution in [0.25, 0.3) is 0 Å². The second-order valence-electron chi connectivity index (χ2n) is 3.11. The summed E-state index contributed by atoms with van der Waals surface area (Å²) >= 11 is 0. The van der Waals surface area contributed by atoms with Crippen LogP contribution < -0.4 is 5.32 Å². The summed E-state index contributed by atoms with van der Waals surface area (Å²) < 4.78 is 4.70. The maximum atomic E-state index is 11.3. The van der Waals surface area contributed by atoms with Crippen LogP contribution in [0.4, 0.5) is 0 Å². The fourth-order valence-corrected chi connectivity index (χ4v) is 1.83. The van der Waals surface area contributed by atoms with Gasteiger partial charge in [-0.2, -0.15) is 0 Å². The van der Waals surface area contributed by atoms with E-state index in [1.807, 2.05) is 12.2 Å². The summed E-state index contributed by atoms with van der Waals surface area (Å²) in [5, 5.41) is 3.21. The monoisotopic (exact) mass is 153 g/mol. The van der Waals surface area contributed by atoms with Gasteiger partial charge in [0.05, 0.1) is 7.11 Å². The van der Waals surface area contributed by atoms with E-state index in [9.17, 15) is 4.79 Å². The van der Waals surface area contributed by atoms with Gasteiger partial charge in [-0.05, 0) is 12.8 Å². The number of carbonyl (C=O) groups is 1. The molecule has 3 heteroatoms. The Morgan fingerprint density at radius 3 is 3.00 bits per heavy atom. The summed E-state index contributed by atoms with van der Waals surface area (Å²) in [5.74, 6) is -0.159. The number of hydrogen-bond acceptors (Lipinski definition) is 3. The van der Waals surface area contributed by atoms with Crippen LogP contribution >= 0.6 is 0 Å². The van der Waals surface area contributed by atoms with E-state index in [1.165, 1.54) is 7.11 Å². The first-order valence-corrected chi connectivity index (χ1v) is 3.82. The molecule has 1 N–H and O–H groups in total. The zero-order chi connectivity index (χ0) is 7.90. The zero-order valence-electron chi connectivity index (χ0n) is 6.46. The largest absolute Gasteiger partial charge is 0.467 e. The molecule has 0 aliphatic carbocycles. The van der Waals surface area contributed by atoms with E-state index in [0.717, 1.165) is 12.8 Å². The molecule has 2 bridgehead atoms. The Morgan fingerprint density at radius 1 is 1.82 bits per heavy atom. The Kier molecular flexibility index (Phi) is 1.29. The molecule has 0 aromatic heterocycles. The lowest BCUT2D eigenvalue weighted by Crippen LogP contribution is -2.45. The van der Waals surface area contributed by atoms with Gasteiger partial charge in [0.2, 0.25) is 0 Å². The Hall–Kier alpha value is -0.830. The van der Waals surface area contributed by atoms with E-state index < -0.39 is 5.54 Å². The standard InChI is InChI=1S/C8H11NO2/c1-11-7(10)8-4-2-6(9-8)3-5-8/h2,4,6,9H,3,5H2,1H3. The Labute approximate surface area is 65.4 Å². The minimum atomic E-state index is -0.473. The lowest BCUT2D eigenvalue weighted by Gasteiger charge is -2.19. The minimum absolute atomic E-state index is 0.159. The van der Waals surface area contributed by atoms with Crippen LogP contribution in [0.1, 0.15) is 12.8 Å². The van der Waals surface area contributed by atoms with Crippen molar-refractivity contribution in [2.45, 2.75) is 24.4 Å². The van der Waals surface area contributed by atoms with Crippen LogP contribution in [0.5, 0.6) is 0 Å². The normalized spacial score (nSPS) is 39.5. The second-order valence-corrected chi connectivity index (χ2v) is 3.11. The zero-order valence-corrected chi connectivity index (χ0v) is 6.46. The number of carbonyl (C=O) groups excluding carboxylic acids is 1. The molecular weight excluding hydrogens is 142 g/mol. The highest BCUT2D eigenvalue weighted by Gasteiger charge is 2.46. The fraction of sp³-hybridized carbons (Fsp3) is 0.625. The number of nitrogens with one attached hydrogen (secondary N) is 1. The smallest absolute Gasteiger partial charge is 0.330 e. The second kappa shape index (κ2) is 2.08. The van der Waals surface area contributed by atoms with E-state index in [-0.39, 0.29) is 5.97 Å². The van der Waals surface area contributed by atoms with Crippen molar-refractivity contribution >= 4 is 5.97 Å². The lowest BCUT2D eigenvalue weighted by molar-refractivity contribution is -0.145. The predicted molar refractivity (Wildman–Crippen MR) is 40.0 cm³/mol. The van der Waals surface area contributed by atoms with Crippen LogP contribution in [0.2, 0.25) is 0 Å². The van der Waals surface area contributed by atoms with Crippen molar-refractivity contribution in [3.8, 4) is 0 Å². The van der Waals surface area contributed by atoms with Gasteiger partial charge in [0.25, 0.3) is 0 Å². The number of hydrogen-bond donors (Lipinski definition) is 1. The summed E-state index contributed by atoms with van der Waals surface area (Å²) in [5.41, 5.74) is -0.473. The van der Waals surface area contributed by atoms with Gasteiger partial charge in [-0.1, -0.05) is 12.2 Å². The van der Waals surface area contributed by atoms with Crippen molar-refractivity contribution in [2.24, 2.45) is 0 Å². The summed E-state index contributed by atoms with van der Waals surface area (Å²) in [6, 6.07) is 0.397. The number of esters is 1. The van der Waals surface area contributed by atoms with Crippen molar-refractivity contribution in [1.29, 1.82) is 0 Å². The van der Waals surface area contributed by atoms with Crippen LogP contribution in [-0.2, 0) is 9.53 Å². The van der Waals surface area contributed by atoms with Gasteiger partial charge in [-0.25, -0.2) is 4.79 Å². The molecule has 0 spiro atoms. The van der Waals surface area contributed by atoms with Gasteiger partial charge in [-0.3, -0.25) is 5.32 Å². The van der Waals surface area contributed by atoms with E-state index in [1.54, 1.807) is 0 Å². The van der Waals surface area contributed by atoms with Gasteiger partial charge >= 0.3 is 5.97 Å². The molecule has 2 aliphatic heterocycles. The Bertz CT molecular complexity index is 224. The van der Waals surface area contributed by atoms with Gasteiger partial charge in [0.15, 0.2) is 0 Å². The SMILES string of the molecule is COC(=O)C12C=CC(CC1)N2. The molecule has 2 aliphatic rings. The highest BCUT2D eigenvalue weighted by molar-refractivity contribution is 5.85. The first-order valence-electron chi connectivity index (χ1n) is 3.82. The van der Waals surface area contributed by atoms with E-state index in [0.29, 0.717) is 6.04 Å². The van der Waals surface area contributed by atoms with Gasteiger partial charge in [0, 0.05) is 6.04 Å². The van der Waals surface area contributed by atoms with Crippen molar-refractivity contribution in [1.82, 2.24) is 5.32 Å². The highest BCUT2D eigenvalue weighted by atomic mass is 16.5. The first kappa shape index (κ1) is 6.85. The molecular formula is C8H11NO2. The minimum Gasteiger partial charge on any atom is -0.467 e. The molecule has 0 saturated carbocycles. The number of methoxy groups -OCH3 is 1. The summed E-state index contributed by atoms with van der Waals surface area (Å²) in [4.78, 5) is 11.3. The molecule has 0 amide bonds. The average Bonchev–Trinajstić information content (AvgIpc) is 2.62. The number of ether oxygens (including phenoxy) is 1. The molecule has 60 valence electrons. The number of rotatable bonds is 1. The molecule has 1 saturated heterocycles. The molecule has 11 heavy (non-hydrogen) atoms. The van der Waals surface area contributed by atoms with Crippen molar-refractivity contribution in [3.05, 3.63) is 12.2 Å². The van der Waals surface area contributed by atoms with Crippen LogP contribution in [0.15, 0.2) is 12.2 Å². The molecule has 2 unspecified atom stereocenters. The molecule has 1 fully saturated rings.